The molecule has 5 nitrogen and oxygen atoms in total. The predicted octanol–water partition coefficient (Wildman–Crippen LogP) is 3.52. The summed E-state index contributed by atoms with van der Waals surface area (Å²) >= 11 is 6.58. The number of para-hydroxylation sites is 1. The van der Waals surface area contributed by atoms with Gasteiger partial charge in [0.2, 0.25) is 6.79 Å². The Labute approximate surface area is 153 Å². The molecule has 2 aromatic rings. The Bertz CT molecular complexity index is 910. The smallest absolute Gasteiger partial charge is 0.266 e. The Kier molecular flexibility index (Phi) is 4.10. The fraction of sp³-hybridized carbons (Fsp3) is 0.111. The van der Waals surface area contributed by atoms with Crippen molar-refractivity contribution in [3.8, 4) is 17.2 Å². The minimum atomic E-state index is -0.170. The number of hydrogen-bond acceptors (Lipinski definition) is 6. The SMILES string of the molecule is O=C1/C(=C\c2ccccc2O)SC(=S)N1Cc1ccc2c(c1)OCO2. The van der Waals surface area contributed by atoms with Gasteiger partial charge in [-0.25, -0.2) is 0 Å². The summed E-state index contributed by atoms with van der Waals surface area (Å²) in [5.41, 5.74) is 1.50. The molecule has 0 saturated carbocycles. The van der Waals surface area contributed by atoms with Crippen molar-refractivity contribution in [3.05, 3.63) is 58.5 Å². The molecule has 0 radical (unpaired) electrons. The second-order valence-corrected chi connectivity index (χ2v) is 7.19. The number of aromatic hydroxyl groups is 1. The predicted molar refractivity (Wildman–Crippen MR) is 99.4 cm³/mol. The van der Waals surface area contributed by atoms with Crippen molar-refractivity contribution < 1.29 is 19.4 Å². The summed E-state index contributed by atoms with van der Waals surface area (Å²) in [5.74, 6) is 1.33. The highest BCUT2D eigenvalue weighted by molar-refractivity contribution is 8.26. The van der Waals surface area contributed by atoms with E-state index in [1.54, 1.807) is 35.2 Å². The summed E-state index contributed by atoms with van der Waals surface area (Å²) in [5, 5.41) is 9.88. The lowest BCUT2D eigenvalue weighted by atomic mass is 10.1. The molecule has 0 unspecified atom stereocenters. The van der Waals surface area contributed by atoms with E-state index in [4.69, 9.17) is 21.7 Å². The molecule has 0 spiro atoms. The number of amides is 1. The second-order valence-electron chi connectivity index (χ2n) is 5.51. The number of carbonyl (C=O) groups is 1. The molecule has 1 amide bonds. The Morgan fingerprint density at radius 3 is 2.84 bits per heavy atom. The maximum absolute atomic E-state index is 12.7. The summed E-state index contributed by atoms with van der Waals surface area (Å²) < 4.78 is 11.2. The van der Waals surface area contributed by atoms with Gasteiger partial charge in [0.1, 0.15) is 10.1 Å². The standard InChI is InChI=1S/C18H13NO4S2/c20-13-4-2-1-3-12(13)8-16-17(21)19(18(24)25-16)9-11-5-6-14-15(7-11)23-10-22-14/h1-8,20H,9-10H2/b16-8+. The highest BCUT2D eigenvalue weighted by atomic mass is 32.2. The monoisotopic (exact) mass is 371 g/mol. The average molecular weight is 371 g/mol. The summed E-state index contributed by atoms with van der Waals surface area (Å²) in [6, 6.07) is 12.4. The van der Waals surface area contributed by atoms with Gasteiger partial charge in [0.25, 0.3) is 5.91 Å². The molecule has 1 saturated heterocycles. The minimum absolute atomic E-state index is 0.128. The Morgan fingerprint density at radius 1 is 1.20 bits per heavy atom. The van der Waals surface area contributed by atoms with Gasteiger partial charge in [0.15, 0.2) is 11.5 Å². The van der Waals surface area contributed by atoms with Crippen LogP contribution in [0, 0.1) is 0 Å². The van der Waals surface area contributed by atoms with Gasteiger partial charge in [-0.2, -0.15) is 0 Å². The van der Waals surface area contributed by atoms with Crippen LogP contribution in [0.5, 0.6) is 17.2 Å². The molecule has 0 bridgehead atoms. The van der Waals surface area contributed by atoms with Gasteiger partial charge in [0, 0.05) is 5.56 Å². The number of hydrogen-bond donors (Lipinski definition) is 1. The van der Waals surface area contributed by atoms with Crippen molar-refractivity contribution in [2.24, 2.45) is 0 Å². The molecule has 126 valence electrons. The fourth-order valence-corrected chi connectivity index (χ4v) is 3.85. The van der Waals surface area contributed by atoms with Crippen LogP contribution in [0.3, 0.4) is 0 Å². The van der Waals surface area contributed by atoms with Crippen molar-refractivity contribution in [1.29, 1.82) is 0 Å². The lowest BCUT2D eigenvalue weighted by Gasteiger charge is -2.14. The summed E-state index contributed by atoms with van der Waals surface area (Å²) in [6.07, 6.45) is 1.66. The first kappa shape index (κ1) is 16.0. The first-order valence-electron chi connectivity index (χ1n) is 7.54. The molecule has 2 heterocycles. The van der Waals surface area contributed by atoms with Crippen molar-refractivity contribution >= 4 is 40.3 Å². The Hall–Kier alpha value is -2.51. The van der Waals surface area contributed by atoms with Crippen LogP contribution in [0.15, 0.2) is 47.4 Å². The second kappa shape index (κ2) is 6.42. The molecule has 0 aliphatic carbocycles. The first-order valence-corrected chi connectivity index (χ1v) is 8.76. The van der Waals surface area contributed by atoms with Crippen molar-refractivity contribution in [2.45, 2.75) is 6.54 Å². The third-order valence-electron chi connectivity index (χ3n) is 3.87. The number of fused-ring (bicyclic) bond motifs is 1. The van der Waals surface area contributed by atoms with Gasteiger partial charge in [-0.3, -0.25) is 9.69 Å². The molecule has 7 heteroatoms. The summed E-state index contributed by atoms with van der Waals surface area (Å²) in [6.45, 7) is 0.572. The van der Waals surface area contributed by atoms with Crippen LogP contribution >= 0.6 is 24.0 Å². The number of phenolic OH excluding ortho intramolecular Hbond substituents is 1. The topological polar surface area (TPSA) is 59.0 Å². The van der Waals surface area contributed by atoms with E-state index in [1.807, 2.05) is 18.2 Å². The molecule has 0 atom stereocenters. The van der Waals surface area contributed by atoms with Crippen LogP contribution in [-0.4, -0.2) is 27.0 Å². The zero-order chi connectivity index (χ0) is 17.4. The maximum Gasteiger partial charge on any atom is 0.266 e. The molecule has 2 aliphatic rings. The van der Waals surface area contributed by atoms with Crippen LogP contribution in [0.25, 0.3) is 6.08 Å². The molecule has 1 fully saturated rings. The van der Waals surface area contributed by atoms with E-state index < -0.39 is 0 Å². The molecular weight excluding hydrogens is 358 g/mol. The third kappa shape index (κ3) is 3.08. The van der Waals surface area contributed by atoms with Gasteiger partial charge in [-0.15, -0.1) is 0 Å². The highest BCUT2D eigenvalue weighted by Gasteiger charge is 2.32. The average Bonchev–Trinajstić information content (AvgIpc) is 3.17. The quantitative estimate of drug-likeness (QED) is 0.658. The van der Waals surface area contributed by atoms with Crippen LogP contribution in [0.1, 0.15) is 11.1 Å². The number of carbonyl (C=O) groups excluding carboxylic acids is 1. The Morgan fingerprint density at radius 2 is 2.00 bits per heavy atom. The molecule has 1 N–H and O–H groups in total. The van der Waals surface area contributed by atoms with Gasteiger partial charge < -0.3 is 14.6 Å². The van der Waals surface area contributed by atoms with E-state index >= 15 is 0 Å². The molecule has 0 aromatic heterocycles. The van der Waals surface area contributed by atoms with Crippen LogP contribution < -0.4 is 9.47 Å². The van der Waals surface area contributed by atoms with E-state index in [-0.39, 0.29) is 18.4 Å². The Balaban J connectivity index is 1.56. The van der Waals surface area contributed by atoms with E-state index in [0.717, 1.165) is 5.56 Å². The van der Waals surface area contributed by atoms with Gasteiger partial charge >= 0.3 is 0 Å². The largest absolute Gasteiger partial charge is 0.507 e. The lowest BCUT2D eigenvalue weighted by molar-refractivity contribution is -0.122. The minimum Gasteiger partial charge on any atom is -0.507 e. The number of thioether (sulfide) groups is 1. The normalized spacial score (nSPS) is 17.6. The zero-order valence-electron chi connectivity index (χ0n) is 13.0. The van der Waals surface area contributed by atoms with E-state index in [1.165, 1.54) is 11.8 Å². The van der Waals surface area contributed by atoms with E-state index in [2.05, 4.69) is 0 Å². The highest BCUT2D eigenvalue weighted by Crippen LogP contribution is 2.37. The van der Waals surface area contributed by atoms with Gasteiger partial charge in [-0.05, 0) is 29.8 Å². The number of nitrogens with zero attached hydrogens (tertiary/aromatic N) is 1. The number of benzene rings is 2. The molecular formula is C18H13NO4S2. The lowest BCUT2D eigenvalue weighted by Crippen LogP contribution is -2.27. The molecule has 2 aromatic carbocycles. The van der Waals surface area contributed by atoms with Gasteiger partial charge in [-0.1, -0.05) is 48.2 Å². The molecule has 25 heavy (non-hydrogen) atoms. The van der Waals surface area contributed by atoms with Crippen molar-refractivity contribution in [3.63, 3.8) is 0 Å². The van der Waals surface area contributed by atoms with Crippen molar-refractivity contribution in [2.75, 3.05) is 6.79 Å². The number of thiocarbonyl (C=S) groups is 1. The molecule has 2 aliphatic heterocycles. The first-order chi connectivity index (χ1) is 12.1. The van der Waals surface area contributed by atoms with Gasteiger partial charge in [0.05, 0.1) is 11.4 Å². The fourth-order valence-electron chi connectivity index (χ4n) is 2.61. The van der Waals surface area contributed by atoms with E-state index in [0.29, 0.717) is 32.8 Å². The number of ether oxygens (including phenoxy) is 2. The maximum atomic E-state index is 12.7. The molecule has 4 rings (SSSR count). The van der Waals surface area contributed by atoms with Crippen LogP contribution in [0.2, 0.25) is 0 Å². The number of rotatable bonds is 3. The third-order valence-corrected chi connectivity index (χ3v) is 5.25. The number of phenols is 1. The van der Waals surface area contributed by atoms with E-state index in [9.17, 15) is 9.90 Å². The zero-order valence-corrected chi connectivity index (χ0v) is 14.6. The van der Waals surface area contributed by atoms with Crippen molar-refractivity contribution in [1.82, 2.24) is 4.90 Å². The van der Waals surface area contributed by atoms with Crippen LogP contribution in [0.4, 0.5) is 0 Å². The van der Waals surface area contributed by atoms with Crippen LogP contribution in [-0.2, 0) is 11.3 Å². The summed E-state index contributed by atoms with van der Waals surface area (Å²) in [4.78, 5) is 14.7. The summed E-state index contributed by atoms with van der Waals surface area (Å²) in [7, 11) is 0.